The van der Waals surface area contributed by atoms with Crippen LogP contribution >= 0.6 is 0 Å². The molecule has 1 aliphatic rings. The molecular formula is C19H21N5O3S. The van der Waals surface area contributed by atoms with Gasteiger partial charge in [0.15, 0.2) is 5.65 Å². The minimum absolute atomic E-state index is 0.175. The molecule has 9 heteroatoms. The summed E-state index contributed by atoms with van der Waals surface area (Å²) < 4.78 is 29.4. The van der Waals surface area contributed by atoms with Gasteiger partial charge in [0.1, 0.15) is 5.52 Å². The number of imidazole rings is 1. The molecule has 3 heterocycles. The average Bonchev–Trinajstić information content (AvgIpc) is 3.12. The monoisotopic (exact) mass is 399 g/mol. The second-order valence-corrected chi connectivity index (χ2v) is 8.78. The van der Waals surface area contributed by atoms with E-state index in [-0.39, 0.29) is 16.8 Å². The average molecular weight is 399 g/mol. The lowest BCUT2D eigenvalue weighted by Gasteiger charge is -2.31. The van der Waals surface area contributed by atoms with Crippen LogP contribution in [0.4, 0.5) is 5.69 Å². The summed E-state index contributed by atoms with van der Waals surface area (Å²) in [5.41, 5.74) is 2.25. The van der Waals surface area contributed by atoms with Gasteiger partial charge in [0.2, 0.25) is 15.9 Å². The van der Waals surface area contributed by atoms with Crippen LogP contribution in [0.25, 0.3) is 11.2 Å². The van der Waals surface area contributed by atoms with E-state index in [9.17, 15) is 13.2 Å². The Bertz CT molecular complexity index is 1100. The van der Waals surface area contributed by atoms with Crippen LogP contribution < -0.4 is 5.32 Å². The zero-order chi connectivity index (χ0) is 19.7. The molecule has 0 aliphatic carbocycles. The summed E-state index contributed by atoms with van der Waals surface area (Å²) in [7, 11) is -3.56. The predicted octanol–water partition coefficient (Wildman–Crippen LogP) is 2.42. The summed E-state index contributed by atoms with van der Waals surface area (Å²) in [4.78, 5) is 20.1. The molecule has 1 aromatic carbocycles. The molecule has 1 N–H and O–H groups in total. The molecule has 0 unspecified atom stereocenters. The van der Waals surface area contributed by atoms with Crippen LogP contribution in [0.5, 0.6) is 0 Å². The summed E-state index contributed by atoms with van der Waals surface area (Å²) in [6.45, 7) is 2.29. The van der Waals surface area contributed by atoms with E-state index in [1.54, 1.807) is 24.7 Å². The Balaban J connectivity index is 1.47. The van der Waals surface area contributed by atoms with Gasteiger partial charge in [0.25, 0.3) is 0 Å². The van der Waals surface area contributed by atoms with Gasteiger partial charge in [-0.1, -0.05) is 0 Å². The third kappa shape index (κ3) is 3.50. The Morgan fingerprint density at radius 1 is 1.11 bits per heavy atom. The Morgan fingerprint density at radius 2 is 1.82 bits per heavy atom. The van der Waals surface area contributed by atoms with Crippen molar-refractivity contribution in [3.05, 3.63) is 48.9 Å². The number of sulfonamides is 1. The van der Waals surface area contributed by atoms with E-state index in [1.165, 1.54) is 23.4 Å². The fourth-order valence-corrected chi connectivity index (χ4v) is 5.03. The van der Waals surface area contributed by atoms with Gasteiger partial charge in [-0.25, -0.2) is 18.4 Å². The van der Waals surface area contributed by atoms with Gasteiger partial charge in [-0.2, -0.15) is 4.31 Å². The molecule has 0 radical (unpaired) electrons. The van der Waals surface area contributed by atoms with Crippen molar-refractivity contribution in [1.29, 1.82) is 0 Å². The maximum atomic E-state index is 12.9. The first kappa shape index (κ1) is 18.6. The number of amides is 1. The largest absolute Gasteiger partial charge is 0.326 e. The highest BCUT2D eigenvalue weighted by Crippen LogP contribution is 2.29. The minimum Gasteiger partial charge on any atom is -0.326 e. The molecule has 0 atom stereocenters. The lowest BCUT2D eigenvalue weighted by Crippen LogP contribution is -2.39. The van der Waals surface area contributed by atoms with Crippen LogP contribution in [-0.2, 0) is 14.8 Å². The SMILES string of the molecule is CC(=O)Nc1ccc(S(=O)(=O)N2CCC(n3cnc4cccnc43)CC2)cc1. The van der Waals surface area contributed by atoms with Crippen LogP contribution in [0, 0.1) is 0 Å². The molecule has 8 nitrogen and oxygen atoms in total. The topological polar surface area (TPSA) is 97.2 Å². The summed E-state index contributed by atoms with van der Waals surface area (Å²) in [5.74, 6) is -0.195. The number of carbonyl (C=O) groups excluding carboxylic acids is 1. The van der Waals surface area contributed by atoms with Crippen molar-refractivity contribution in [2.24, 2.45) is 0 Å². The molecule has 3 aromatic rings. The van der Waals surface area contributed by atoms with Gasteiger partial charge < -0.3 is 9.88 Å². The van der Waals surface area contributed by atoms with Gasteiger partial charge >= 0.3 is 0 Å². The smallest absolute Gasteiger partial charge is 0.243 e. The standard InChI is InChI=1S/C19H21N5O3S/c1-14(25)22-15-4-6-17(7-5-15)28(26,27)23-11-8-16(9-12-23)24-13-21-18-3-2-10-20-19(18)24/h2-7,10,13,16H,8-9,11-12H2,1H3,(H,22,25). The predicted molar refractivity (Wildman–Crippen MR) is 105 cm³/mol. The van der Waals surface area contributed by atoms with Crippen LogP contribution in [0.15, 0.2) is 53.8 Å². The lowest BCUT2D eigenvalue weighted by molar-refractivity contribution is -0.114. The number of hydrogen-bond acceptors (Lipinski definition) is 5. The van der Waals surface area contributed by atoms with Gasteiger partial charge in [0, 0.05) is 37.9 Å². The fraction of sp³-hybridized carbons (Fsp3) is 0.316. The number of fused-ring (bicyclic) bond motifs is 1. The number of carbonyl (C=O) groups is 1. The first-order valence-corrected chi connectivity index (χ1v) is 10.5. The molecule has 0 bridgehead atoms. The van der Waals surface area contributed by atoms with E-state index in [0.29, 0.717) is 31.6 Å². The van der Waals surface area contributed by atoms with Crippen molar-refractivity contribution in [1.82, 2.24) is 18.8 Å². The van der Waals surface area contributed by atoms with Crippen LogP contribution in [-0.4, -0.2) is 46.3 Å². The molecular weight excluding hydrogens is 378 g/mol. The number of benzene rings is 1. The molecule has 1 saturated heterocycles. The highest BCUT2D eigenvalue weighted by molar-refractivity contribution is 7.89. The summed E-state index contributed by atoms with van der Waals surface area (Å²) >= 11 is 0. The zero-order valence-corrected chi connectivity index (χ0v) is 16.3. The van der Waals surface area contributed by atoms with E-state index in [1.807, 2.05) is 16.7 Å². The molecule has 146 valence electrons. The third-order valence-electron chi connectivity index (χ3n) is 4.96. The second-order valence-electron chi connectivity index (χ2n) is 6.84. The fourth-order valence-electron chi connectivity index (χ4n) is 3.56. The van der Waals surface area contributed by atoms with Crippen molar-refractivity contribution >= 4 is 32.8 Å². The number of rotatable bonds is 4. The highest BCUT2D eigenvalue weighted by atomic mass is 32.2. The van der Waals surface area contributed by atoms with Crippen molar-refractivity contribution < 1.29 is 13.2 Å². The van der Waals surface area contributed by atoms with Crippen molar-refractivity contribution in [3.8, 4) is 0 Å². The van der Waals surface area contributed by atoms with Gasteiger partial charge in [-0.3, -0.25) is 4.79 Å². The third-order valence-corrected chi connectivity index (χ3v) is 6.87. The maximum absolute atomic E-state index is 12.9. The molecule has 1 amide bonds. The first-order chi connectivity index (χ1) is 13.4. The Labute approximate surface area is 163 Å². The molecule has 1 aliphatic heterocycles. The normalized spacial score (nSPS) is 16.3. The van der Waals surface area contributed by atoms with Gasteiger partial charge in [0.05, 0.1) is 11.2 Å². The molecule has 2 aromatic heterocycles. The summed E-state index contributed by atoms with van der Waals surface area (Å²) in [6.07, 6.45) is 4.93. The Kier molecular flexibility index (Phi) is 4.86. The quantitative estimate of drug-likeness (QED) is 0.727. The van der Waals surface area contributed by atoms with E-state index in [4.69, 9.17) is 0 Å². The zero-order valence-electron chi connectivity index (χ0n) is 15.4. The van der Waals surface area contributed by atoms with Crippen LogP contribution in [0.2, 0.25) is 0 Å². The first-order valence-electron chi connectivity index (χ1n) is 9.10. The number of pyridine rings is 1. The van der Waals surface area contributed by atoms with E-state index >= 15 is 0 Å². The molecule has 28 heavy (non-hydrogen) atoms. The van der Waals surface area contributed by atoms with Crippen molar-refractivity contribution in [3.63, 3.8) is 0 Å². The molecule has 0 saturated carbocycles. The number of aromatic nitrogens is 3. The number of piperidine rings is 1. The minimum atomic E-state index is -3.56. The number of nitrogens with zero attached hydrogens (tertiary/aromatic N) is 4. The lowest BCUT2D eigenvalue weighted by atomic mass is 10.1. The summed E-state index contributed by atoms with van der Waals surface area (Å²) in [6, 6.07) is 10.2. The highest BCUT2D eigenvalue weighted by Gasteiger charge is 2.30. The molecule has 1 fully saturated rings. The summed E-state index contributed by atoms with van der Waals surface area (Å²) in [5, 5.41) is 2.64. The number of hydrogen-bond donors (Lipinski definition) is 1. The Morgan fingerprint density at radius 3 is 2.50 bits per heavy atom. The molecule has 4 rings (SSSR count). The van der Waals surface area contributed by atoms with E-state index in [0.717, 1.165) is 11.2 Å². The second kappa shape index (κ2) is 7.33. The maximum Gasteiger partial charge on any atom is 0.243 e. The van der Waals surface area contributed by atoms with Gasteiger partial charge in [-0.05, 0) is 49.2 Å². The van der Waals surface area contributed by atoms with Gasteiger partial charge in [-0.15, -0.1) is 0 Å². The van der Waals surface area contributed by atoms with Crippen molar-refractivity contribution in [2.75, 3.05) is 18.4 Å². The van der Waals surface area contributed by atoms with Crippen LogP contribution in [0.1, 0.15) is 25.8 Å². The van der Waals surface area contributed by atoms with E-state index < -0.39 is 10.0 Å². The number of anilines is 1. The Hall–Kier alpha value is -2.78. The van der Waals surface area contributed by atoms with Crippen molar-refractivity contribution in [2.45, 2.75) is 30.7 Å². The van der Waals surface area contributed by atoms with Crippen LogP contribution in [0.3, 0.4) is 0 Å². The molecule has 0 spiro atoms. The van der Waals surface area contributed by atoms with E-state index in [2.05, 4.69) is 15.3 Å². The number of nitrogens with one attached hydrogen (secondary N) is 1.